The number of piperidine rings is 2. The molecule has 6 aromatic rings. The van der Waals surface area contributed by atoms with E-state index in [0.29, 0.717) is 59.4 Å². The molecule has 4 N–H and O–H groups in total. The van der Waals surface area contributed by atoms with Gasteiger partial charge in [0.1, 0.15) is 28.7 Å². The molecule has 2 amide bonds. The predicted octanol–water partition coefficient (Wildman–Crippen LogP) is 7.10. The smallest absolute Gasteiger partial charge is 0.256 e. The first-order valence-corrected chi connectivity index (χ1v) is 31.0. The van der Waals surface area contributed by atoms with Gasteiger partial charge in [-0.3, -0.25) is 24.4 Å². The number of anilines is 4. The molecule has 0 saturated carbocycles. The number of hydrogen-bond acceptors (Lipinski definition) is 16. The van der Waals surface area contributed by atoms with Crippen molar-refractivity contribution in [1.29, 1.82) is 0 Å². The first-order chi connectivity index (χ1) is 37.4. The molecular weight excluding hydrogens is 1130 g/mol. The van der Waals surface area contributed by atoms with Gasteiger partial charge in [-0.15, -0.1) is 0 Å². The molecule has 6 saturated heterocycles. The summed E-state index contributed by atoms with van der Waals surface area (Å²) in [7, 11) is -7.17. The summed E-state index contributed by atoms with van der Waals surface area (Å²) in [5, 5.41) is 16.8. The molecule has 78 heavy (non-hydrogen) atoms. The van der Waals surface area contributed by atoms with Gasteiger partial charge in [-0.25, -0.2) is 31.3 Å². The maximum Gasteiger partial charge on any atom is 0.256 e. The van der Waals surface area contributed by atoms with Gasteiger partial charge in [0.25, 0.3) is 11.8 Å². The molecule has 0 unspecified atom stereocenters. The van der Waals surface area contributed by atoms with E-state index in [1.165, 1.54) is 60.4 Å². The number of halogens is 4. The standard InChI is InChI=1S/C25H30ClN7O4S.C19H18Cl3N5O3S.C3H7NO.C3H7N/c1-38(35,36)29-19-7-6-17(26)13-18(19)25(34)32-10-3-2-5-21(32)20-14-23-27-22(30-8-4-9-30)15-24(33(23)28-20)31-11-12-37-16-31;1-31(29,30)25-13-6-5-11(20)8-12(13)19(28)26-7-3-2-4-15(26)14-9-18-23-16(21)10-17(22)27(18)24-14;1-2-5-3-4-1;1-2-4-3-1/h6-7,13-15,21,29H,2-5,8-12,16H2,1H3;5-6,8-10,15,25H,2-4,7H2,1H3;4H,1-3H2;4H,1-3H2/t21-;15-;;/m00../s1. The van der Waals surface area contributed by atoms with Crippen LogP contribution in [0.5, 0.6) is 0 Å². The first kappa shape index (κ1) is 57.4. The normalized spacial score (nSPS) is 19.4. The Bertz CT molecular complexity index is 3340. The van der Waals surface area contributed by atoms with Gasteiger partial charge >= 0.3 is 0 Å². The Hall–Kier alpha value is -5.28. The zero-order valence-corrected chi connectivity index (χ0v) is 47.8. The Balaban J connectivity index is 0.000000165. The fourth-order valence-corrected chi connectivity index (χ4v) is 11.5. The molecule has 22 nitrogen and oxygen atoms in total. The largest absolute Gasteiger partial charge is 0.365 e. The summed E-state index contributed by atoms with van der Waals surface area (Å²) in [6.07, 6.45) is 9.58. The SMILES string of the molecule is C1CNC1.C1COCN1.CS(=O)(=O)Nc1ccc(Cl)cc1C(=O)N1CCCC[C@H]1c1cc2nc(Cl)cc(Cl)n2n1.CS(=O)(=O)Nc1ccc(Cl)cc1C(=O)N1CCCC[C@H]1c1cc2nc(N3CCC3)cc(N3CCOC3)n2n1. The number of rotatable bonds is 10. The molecule has 2 atom stereocenters. The summed E-state index contributed by atoms with van der Waals surface area (Å²) in [4.78, 5) is 44.4. The summed E-state index contributed by atoms with van der Waals surface area (Å²) < 4.78 is 66.1. The van der Waals surface area contributed by atoms with E-state index in [2.05, 4.69) is 46.0 Å². The van der Waals surface area contributed by atoms with Crippen LogP contribution in [0, 0.1) is 0 Å². The van der Waals surface area contributed by atoms with Gasteiger partial charge in [-0.1, -0.05) is 46.4 Å². The van der Waals surface area contributed by atoms with Crippen LogP contribution in [0.3, 0.4) is 0 Å². The highest BCUT2D eigenvalue weighted by molar-refractivity contribution is 7.92. The molecule has 0 spiro atoms. The Morgan fingerprint density at radius 3 is 1.60 bits per heavy atom. The third-order valence-corrected chi connectivity index (χ3v) is 15.7. The minimum absolute atomic E-state index is 0.174. The van der Waals surface area contributed by atoms with Gasteiger partial charge < -0.3 is 34.4 Å². The molecule has 4 aromatic heterocycles. The van der Waals surface area contributed by atoms with E-state index in [9.17, 15) is 26.4 Å². The monoisotopic (exact) mass is 1190 g/mol. The molecule has 420 valence electrons. The molecule has 6 fully saturated rings. The molecule has 12 rings (SSSR count). The summed E-state index contributed by atoms with van der Waals surface area (Å²) >= 11 is 24.6. The fraction of sp³-hybridized carbons (Fsp3) is 0.480. The third kappa shape index (κ3) is 14.4. The number of likely N-dealkylation sites (tertiary alicyclic amines) is 2. The summed E-state index contributed by atoms with van der Waals surface area (Å²) in [5.41, 5.74) is 3.36. The van der Waals surface area contributed by atoms with Crippen LogP contribution >= 0.6 is 46.4 Å². The molecule has 6 aliphatic rings. The number of carbonyl (C=O) groups is 2. The summed E-state index contributed by atoms with van der Waals surface area (Å²) in [6.45, 7) is 10.1. The van der Waals surface area contributed by atoms with Crippen molar-refractivity contribution in [2.45, 2.75) is 63.5 Å². The Morgan fingerprint density at radius 2 is 1.15 bits per heavy atom. The Morgan fingerprint density at radius 1 is 0.603 bits per heavy atom. The van der Waals surface area contributed by atoms with Crippen molar-refractivity contribution in [2.75, 3.05) is 111 Å². The Kier molecular flexibility index (Phi) is 18.7. The second kappa shape index (κ2) is 25.4. The fourth-order valence-electron chi connectivity index (χ4n) is 9.52. The van der Waals surface area contributed by atoms with Crippen LogP contribution in [0.15, 0.2) is 60.7 Å². The molecule has 6 aliphatic heterocycles. The van der Waals surface area contributed by atoms with Crippen molar-refractivity contribution < 1.29 is 35.9 Å². The number of nitrogens with zero attached hydrogens (tertiary/aromatic N) is 10. The van der Waals surface area contributed by atoms with Crippen molar-refractivity contribution in [3.8, 4) is 0 Å². The predicted molar refractivity (Wildman–Crippen MR) is 302 cm³/mol. The lowest BCUT2D eigenvalue weighted by Gasteiger charge is -2.35. The minimum atomic E-state index is -3.59. The molecule has 0 bridgehead atoms. The lowest BCUT2D eigenvalue weighted by molar-refractivity contribution is 0.0600. The second-order valence-electron chi connectivity index (χ2n) is 19.5. The van der Waals surface area contributed by atoms with Gasteiger partial charge in [0.15, 0.2) is 11.3 Å². The zero-order valence-electron chi connectivity index (χ0n) is 43.1. The van der Waals surface area contributed by atoms with Crippen LogP contribution in [0.1, 0.15) is 95.6 Å². The number of nitrogens with one attached hydrogen (secondary N) is 4. The molecular formula is C50H62Cl4N14O8S2. The number of carbonyl (C=O) groups excluding carboxylic acids is 2. The van der Waals surface area contributed by atoms with Crippen molar-refractivity contribution in [2.24, 2.45) is 0 Å². The summed E-state index contributed by atoms with van der Waals surface area (Å²) in [6, 6.07) is 15.7. The number of sulfonamides is 2. The average molecular weight is 1190 g/mol. The molecule has 2 aromatic carbocycles. The quantitative estimate of drug-likeness (QED) is 0.100. The summed E-state index contributed by atoms with van der Waals surface area (Å²) in [5.74, 6) is 1.21. The number of hydrogen-bond donors (Lipinski definition) is 4. The second-order valence-corrected chi connectivity index (χ2v) is 24.6. The highest BCUT2D eigenvalue weighted by Gasteiger charge is 2.35. The third-order valence-electron chi connectivity index (χ3n) is 13.6. The van der Waals surface area contributed by atoms with E-state index >= 15 is 0 Å². The molecule has 0 aliphatic carbocycles. The highest BCUT2D eigenvalue weighted by Crippen LogP contribution is 2.37. The number of ether oxygens (including phenoxy) is 2. The first-order valence-electron chi connectivity index (χ1n) is 25.7. The van der Waals surface area contributed by atoms with Gasteiger partial charge in [0.2, 0.25) is 20.0 Å². The van der Waals surface area contributed by atoms with Crippen LogP contribution in [0.2, 0.25) is 20.4 Å². The van der Waals surface area contributed by atoms with E-state index in [1.807, 2.05) is 10.6 Å². The van der Waals surface area contributed by atoms with E-state index < -0.39 is 20.0 Å². The average Bonchev–Trinajstić information content (AvgIpc) is 4.33. The van der Waals surface area contributed by atoms with Gasteiger partial charge in [0.05, 0.1) is 78.4 Å². The number of aromatic nitrogens is 6. The van der Waals surface area contributed by atoms with Crippen LogP contribution in [0.25, 0.3) is 11.3 Å². The molecule has 28 heteroatoms. The van der Waals surface area contributed by atoms with Crippen LogP contribution in [0.4, 0.5) is 23.0 Å². The van der Waals surface area contributed by atoms with Crippen molar-refractivity contribution in [3.63, 3.8) is 0 Å². The molecule has 0 radical (unpaired) electrons. The van der Waals surface area contributed by atoms with Crippen LogP contribution < -0.4 is 29.9 Å². The van der Waals surface area contributed by atoms with E-state index in [4.69, 9.17) is 66.0 Å². The van der Waals surface area contributed by atoms with Crippen molar-refractivity contribution in [1.82, 2.24) is 49.6 Å². The van der Waals surface area contributed by atoms with Crippen LogP contribution in [-0.2, 0) is 29.5 Å². The number of amides is 2. The number of fused-ring (bicyclic) bond motifs is 2. The number of benzene rings is 2. The minimum Gasteiger partial charge on any atom is -0.365 e. The van der Waals surface area contributed by atoms with Gasteiger partial charge in [-0.2, -0.15) is 14.7 Å². The topological polar surface area (TPSA) is 242 Å². The van der Waals surface area contributed by atoms with E-state index in [-0.39, 0.29) is 51.6 Å². The van der Waals surface area contributed by atoms with Crippen molar-refractivity contribution >= 4 is 113 Å². The van der Waals surface area contributed by atoms with E-state index in [0.717, 1.165) is 114 Å². The maximum absolute atomic E-state index is 13.9. The van der Waals surface area contributed by atoms with Gasteiger partial charge in [0, 0.05) is 73.6 Å². The lowest BCUT2D eigenvalue weighted by atomic mass is 9.98. The Labute approximate surface area is 473 Å². The van der Waals surface area contributed by atoms with E-state index in [1.54, 1.807) is 21.9 Å². The maximum atomic E-state index is 13.9. The molecule has 10 heterocycles. The highest BCUT2D eigenvalue weighted by atomic mass is 35.5. The van der Waals surface area contributed by atoms with Crippen LogP contribution in [-0.4, -0.2) is 159 Å². The van der Waals surface area contributed by atoms with Crippen molar-refractivity contribution in [3.05, 3.63) is 104 Å². The zero-order chi connectivity index (χ0) is 55.1. The van der Waals surface area contributed by atoms with Gasteiger partial charge in [-0.05, 0) is 101 Å². The lowest BCUT2D eigenvalue weighted by Crippen LogP contribution is -2.39.